The van der Waals surface area contributed by atoms with Crippen LogP contribution in [0.3, 0.4) is 0 Å². The zero-order chi connectivity index (χ0) is 28.9. The SMILES string of the molecule is NC(CC(=O)O)C(=O)O.O=C(O)/C=C/C(=O)O.O=C(O)CC(=O)C(=O)O.O=C(O)CC(O)C(=O)O. The summed E-state index contributed by atoms with van der Waals surface area (Å²) < 4.78 is 0. The molecule has 0 rings (SSSR count). The van der Waals surface area contributed by atoms with Crippen LogP contribution in [-0.2, 0) is 43.2 Å². The second-order valence-electron chi connectivity index (χ2n) is 5.30. The largest absolute Gasteiger partial charge is 0.481 e. The van der Waals surface area contributed by atoms with Gasteiger partial charge in [-0.2, -0.15) is 0 Å². The van der Waals surface area contributed by atoms with E-state index in [0.29, 0.717) is 12.2 Å². The highest BCUT2D eigenvalue weighted by atomic mass is 16.4. The number of aliphatic hydroxyl groups excluding tert-OH is 1. The number of hydrogen-bond donors (Lipinski definition) is 10. The van der Waals surface area contributed by atoms with Crippen molar-refractivity contribution in [3.8, 4) is 0 Å². The first-order valence-electron chi connectivity index (χ1n) is 8.19. The molecule has 19 heteroatoms. The van der Waals surface area contributed by atoms with Crippen molar-refractivity contribution in [2.45, 2.75) is 31.4 Å². The molecule has 0 aromatic heterocycles. The van der Waals surface area contributed by atoms with Gasteiger partial charge >= 0.3 is 47.8 Å². The molecule has 19 nitrogen and oxygen atoms in total. The molecule has 2 unspecified atom stereocenters. The van der Waals surface area contributed by atoms with Gasteiger partial charge in [-0.05, 0) is 0 Å². The maximum Gasteiger partial charge on any atom is 0.372 e. The molecule has 0 aromatic rings. The summed E-state index contributed by atoms with van der Waals surface area (Å²) in [5.41, 5.74) is 4.84. The molecule has 2 atom stereocenters. The minimum atomic E-state index is -1.79. The van der Waals surface area contributed by atoms with Crippen molar-refractivity contribution >= 4 is 53.5 Å². The van der Waals surface area contributed by atoms with Crippen LogP contribution in [-0.4, -0.2) is 112 Å². The molecule has 0 saturated heterocycles. The monoisotopic (exact) mass is 515 g/mol. The highest BCUT2D eigenvalue weighted by Crippen LogP contribution is 1.89. The van der Waals surface area contributed by atoms with Crippen molar-refractivity contribution in [3.63, 3.8) is 0 Å². The van der Waals surface area contributed by atoms with Crippen molar-refractivity contribution in [1.29, 1.82) is 0 Å². The number of nitrogens with two attached hydrogens (primary N) is 1. The maximum atomic E-state index is 9.97. The maximum absolute atomic E-state index is 9.97. The lowest BCUT2D eigenvalue weighted by Gasteiger charge is -1.99. The molecule has 0 amide bonds. The van der Waals surface area contributed by atoms with E-state index in [1.54, 1.807) is 0 Å². The summed E-state index contributed by atoms with van der Waals surface area (Å²) >= 11 is 0. The van der Waals surface area contributed by atoms with Crippen molar-refractivity contribution < 1.29 is 89.1 Å². The summed E-state index contributed by atoms with van der Waals surface area (Å²) in [5.74, 6) is -12.3. The second kappa shape index (κ2) is 21.0. The molecule has 0 spiro atoms. The number of hydrogen-bond acceptors (Lipinski definition) is 11. The van der Waals surface area contributed by atoms with Crippen LogP contribution in [0.5, 0.6) is 0 Å². The van der Waals surface area contributed by atoms with Gasteiger partial charge in [0.2, 0.25) is 0 Å². The fourth-order valence-electron chi connectivity index (χ4n) is 0.884. The third kappa shape index (κ3) is 36.8. The van der Waals surface area contributed by atoms with E-state index in [1.807, 2.05) is 0 Å². The van der Waals surface area contributed by atoms with E-state index in [9.17, 15) is 43.2 Å². The van der Waals surface area contributed by atoms with Gasteiger partial charge in [-0.3, -0.25) is 24.0 Å². The minimum Gasteiger partial charge on any atom is -0.481 e. The predicted molar refractivity (Wildman–Crippen MR) is 103 cm³/mol. The van der Waals surface area contributed by atoms with Crippen molar-refractivity contribution in [1.82, 2.24) is 0 Å². The Morgan fingerprint density at radius 3 is 1.09 bits per heavy atom. The van der Waals surface area contributed by atoms with E-state index in [4.69, 9.17) is 51.7 Å². The lowest BCUT2D eigenvalue weighted by Crippen LogP contribution is -2.32. The quantitative estimate of drug-likeness (QED) is 0.0727. The Morgan fingerprint density at radius 2 is 0.971 bits per heavy atom. The molecule has 0 heterocycles. The number of Topliss-reactive ketones (excluding diaryl/α,β-unsaturated/α-hetero) is 1. The predicted octanol–water partition coefficient (Wildman–Crippen LogP) is -3.39. The highest BCUT2D eigenvalue weighted by molar-refractivity contribution is 6.35. The Balaban J connectivity index is -0.000000183. The van der Waals surface area contributed by atoms with Gasteiger partial charge < -0.3 is 51.7 Å². The summed E-state index contributed by atoms with van der Waals surface area (Å²) in [6, 6.07) is -1.29. The average Bonchev–Trinajstić information content (AvgIpc) is 2.66. The van der Waals surface area contributed by atoms with Crippen LogP contribution in [0.1, 0.15) is 19.3 Å². The number of carbonyl (C=O) groups excluding carboxylic acids is 1. The highest BCUT2D eigenvalue weighted by Gasteiger charge is 2.16. The molecule has 0 aliphatic rings. The zero-order valence-corrected chi connectivity index (χ0v) is 17.2. The number of carboxylic acid groups (broad SMARTS) is 8. The van der Waals surface area contributed by atoms with E-state index in [1.165, 1.54) is 0 Å². The summed E-state index contributed by atoms with van der Waals surface area (Å²) in [6.45, 7) is 0. The molecule has 11 N–H and O–H groups in total. The van der Waals surface area contributed by atoms with Crippen LogP contribution in [0, 0.1) is 0 Å². The van der Waals surface area contributed by atoms with Gasteiger partial charge in [0.1, 0.15) is 12.5 Å². The van der Waals surface area contributed by atoms with E-state index in [2.05, 4.69) is 0 Å². The number of aliphatic hydroxyl groups is 1. The molecule has 198 valence electrons. The summed E-state index contributed by atoms with van der Waals surface area (Å²) in [4.78, 5) is 87.4. The molecule has 0 saturated carbocycles. The third-order valence-corrected chi connectivity index (χ3v) is 2.28. The standard InChI is InChI=1S/C4H7NO4.C4H6O5.C4H4O5.C4H4O4/c3*5-2(4(8)9)1-3(6)7;5-3(6)1-2-4(7)8/h2H,1,5H2,(H,6,7)(H,8,9);2,5H,1H2,(H,6,7)(H,8,9);1H2,(H,6,7)(H,8,9);1-2H,(H,5,6)(H,7,8)/b;;;2-1+. The third-order valence-electron chi connectivity index (χ3n) is 2.28. The summed E-state index contributed by atoms with van der Waals surface area (Å²) in [5, 5.41) is 71.5. The first-order valence-corrected chi connectivity index (χ1v) is 8.19. The van der Waals surface area contributed by atoms with Gasteiger partial charge in [0.05, 0.1) is 12.8 Å². The van der Waals surface area contributed by atoms with Crippen molar-refractivity contribution in [3.05, 3.63) is 12.2 Å². The molecular weight excluding hydrogens is 494 g/mol. The number of rotatable bonds is 11. The van der Waals surface area contributed by atoms with Gasteiger partial charge in [-0.1, -0.05) is 0 Å². The Labute approximate surface area is 192 Å². The lowest BCUT2D eigenvalue weighted by atomic mass is 10.2. The van der Waals surface area contributed by atoms with Gasteiger partial charge in [-0.25, -0.2) is 19.2 Å². The first kappa shape index (κ1) is 37.4. The topological polar surface area (TPSA) is 362 Å². The van der Waals surface area contributed by atoms with Crippen LogP contribution in [0.25, 0.3) is 0 Å². The number of carboxylic acids is 8. The fraction of sp³-hybridized carbons (Fsp3) is 0.312. The van der Waals surface area contributed by atoms with Gasteiger partial charge in [0.15, 0.2) is 6.10 Å². The molecule has 0 aliphatic heterocycles. The van der Waals surface area contributed by atoms with Gasteiger partial charge in [-0.15, -0.1) is 0 Å². The van der Waals surface area contributed by atoms with E-state index in [0.717, 1.165) is 0 Å². The molecule has 0 radical (unpaired) electrons. The first-order chi connectivity index (χ1) is 15.7. The number of carbonyl (C=O) groups is 9. The number of aliphatic carboxylic acids is 8. The Bertz CT molecular complexity index is 780. The normalized spacial score (nSPS) is 10.8. The van der Waals surface area contributed by atoms with Crippen LogP contribution in [0.15, 0.2) is 12.2 Å². The van der Waals surface area contributed by atoms with Crippen LogP contribution < -0.4 is 5.73 Å². The summed E-state index contributed by atoms with van der Waals surface area (Å²) in [7, 11) is 0. The van der Waals surface area contributed by atoms with Crippen LogP contribution in [0.2, 0.25) is 0 Å². The Morgan fingerprint density at radius 1 is 0.600 bits per heavy atom. The molecule has 0 aliphatic carbocycles. The minimum absolute atomic E-state index is 0.532. The van der Waals surface area contributed by atoms with Crippen molar-refractivity contribution in [2.24, 2.45) is 5.73 Å². The Kier molecular flexibility index (Phi) is 22.4. The Hall–Kier alpha value is -4.91. The van der Waals surface area contributed by atoms with E-state index in [-0.39, 0.29) is 0 Å². The molecule has 35 heavy (non-hydrogen) atoms. The lowest BCUT2D eigenvalue weighted by molar-refractivity contribution is -0.153. The van der Waals surface area contributed by atoms with Gasteiger partial charge in [0, 0.05) is 12.2 Å². The van der Waals surface area contributed by atoms with Gasteiger partial charge in [0.25, 0.3) is 5.78 Å². The average molecular weight is 515 g/mol. The van der Waals surface area contributed by atoms with Crippen LogP contribution in [0.4, 0.5) is 0 Å². The molecule has 0 aromatic carbocycles. The van der Waals surface area contributed by atoms with E-state index < -0.39 is 84.9 Å². The van der Waals surface area contributed by atoms with Crippen molar-refractivity contribution in [2.75, 3.05) is 0 Å². The zero-order valence-electron chi connectivity index (χ0n) is 17.2. The molecular formula is C16H21NO18. The smallest absolute Gasteiger partial charge is 0.372 e. The van der Waals surface area contributed by atoms with E-state index >= 15 is 0 Å². The van der Waals surface area contributed by atoms with Crippen LogP contribution >= 0.6 is 0 Å². The molecule has 0 fully saturated rings. The fourth-order valence-corrected chi connectivity index (χ4v) is 0.884. The summed E-state index contributed by atoms with van der Waals surface area (Å²) in [6.07, 6.45) is -2.91. The molecule has 0 bridgehead atoms. The second-order valence-corrected chi connectivity index (χ2v) is 5.30. The number of ketones is 1.